The number of amides is 1. The lowest BCUT2D eigenvalue weighted by molar-refractivity contribution is -0.129. The Balaban J connectivity index is 2.51. The molecule has 0 aliphatic carbocycles. The van der Waals surface area contributed by atoms with Crippen molar-refractivity contribution in [3.63, 3.8) is 0 Å². The summed E-state index contributed by atoms with van der Waals surface area (Å²) in [6.45, 7) is 8.43. The van der Waals surface area contributed by atoms with Crippen LogP contribution < -0.4 is 5.32 Å². The van der Waals surface area contributed by atoms with Crippen LogP contribution in [0.1, 0.15) is 27.7 Å². The van der Waals surface area contributed by atoms with Crippen LogP contribution in [0.4, 0.5) is 18.3 Å². The molecule has 5 nitrogen and oxygen atoms in total. The number of nitrogens with one attached hydrogen (secondary N) is 1. The van der Waals surface area contributed by atoms with Gasteiger partial charge in [-0.1, -0.05) is 50.8 Å². The van der Waals surface area contributed by atoms with E-state index in [1.807, 2.05) is 4.90 Å². The molecule has 0 atom stereocenters. The first-order valence-corrected chi connectivity index (χ1v) is 9.41. The van der Waals surface area contributed by atoms with Gasteiger partial charge >= 0.3 is 6.18 Å². The minimum absolute atomic E-state index is 0.00222. The zero-order valence-corrected chi connectivity index (χ0v) is 15.8. The third-order valence-electron chi connectivity index (χ3n) is 2.69. The molecule has 0 saturated heterocycles. The van der Waals surface area contributed by atoms with Crippen molar-refractivity contribution in [2.24, 2.45) is 11.8 Å². The molecule has 1 amide bonds. The number of aromatic nitrogens is 2. The Labute approximate surface area is 148 Å². The number of rotatable bonds is 9. The molecule has 1 heterocycles. The van der Waals surface area contributed by atoms with Crippen molar-refractivity contribution in [2.75, 3.05) is 30.7 Å². The normalized spacial score (nSPS) is 12.0. The van der Waals surface area contributed by atoms with E-state index < -0.39 is 12.7 Å². The van der Waals surface area contributed by atoms with Crippen molar-refractivity contribution in [3.8, 4) is 0 Å². The Morgan fingerprint density at radius 2 is 1.79 bits per heavy atom. The summed E-state index contributed by atoms with van der Waals surface area (Å²) in [5.41, 5.74) is 0. The monoisotopic (exact) mass is 384 g/mol. The van der Waals surface area contributed by atoms with E-state index in [4.69, 9.17) is 0 Å². The predicted molar refractivity (Wildman–Crippen MR) is 91.4 cm³/mol. The molecule has 0 aliphatic heterocycles. The van der Waals surface area contributed by atoms with Crippen LogP contribution in [0.15, 0.2) is 4.34 Å². The number of carbonyl (C=O) groups excluding carboxylic acids is 1. The zero-order chi connectivity index (χ0) is 18.3. The van der Waals surface area contributed by atoms with E-state index >= 15 is 0 Å². The van der Waals surface area contributed by atoms with Gasteiger partial charge in [0.1, 0.15) is 6.54 Å². The molecule has 0 spiro atoms. The second kappa shape index (κ2) is 9.45. The van der Waals surface area contributed by atoms with Crippen molar-refractivity contribution < 1.29 is 18.0 Å². The van der Waals surface area contributed by atoms with E-state index in [1.54, 1.807) is 0 Å². The number of hydrogen-bond acceptors (Lipinski definition) is 6. The van der Waals surface area contributed by atoms with Crippen molar-refractivity contribution in [3.05, 3.63) is 0 Å². The summed E-state index contributed by atoms with van der Waals surface area (Å²) in [5.74, 6) is 0.949. The second-order valence-electron chi connectivity index (χ2n) is 6.22. The molecule has 0 aliphatic rings. The summed E-state index contributed by atoms with van der Waals surface area (Å²) in [5, 5.41) is 9.73. The Morgan fingerprint density at radius 1 is 1.21 bits per heavy atom. The summed E-state index contributed by atoms with van der Waals surface area (Å²) in [4.78, 5) is 14.2. The smallest absolute Gasteiger partial charge is 0.351 e. The van der Waals surface area contributed by atoms with E-state index in [0.717, 1.165) is 11.3 Å². The number of nitrogens with zero attached hydrogens (tertiary/aromatic N) is 3. The van der Waals surface area contributed by atoms with Crippen LogP contribution in [0.3, 0.4) is 0 Å². The van der Waals surface area contributed by atoms with Gasteiger partial charge in [0.25, 0.3) is 0 Å². The molecule has 24 heavy (non-hydrogen) atoms. The van der Waals surface area contributed by atoms with Crippen LogP contribution in [0.2, 0.25) is 0 Å². The van der Waals surface area contributed by atoms with Crippen molar-refractivity contribution >= 4 is 34.1 Å². The van der Waals surface area contributed by atoms with Gasteiger partial charge in [-0.25, -0.2) is 0 Å². The number of anilines is 1. The molecule has 0 fully saturated rings. The Kier molecular flexibility index (Phi) is 8.28. The van der Waals surface area contributed by atoms with Gasteiger partial charge in [0.2, 0.25) is 11.0 Å². The lowest BCUT2D eigenvalue weighted by Crippen LogP contribution is -2.38. The molecule has 0 radical (unpaired) electrons. The molecule has 0 unspecified atom stereocenters. The first-order chi connectivity index (χ1) is 11.1. The van der Waals surface area contributed by atoms with Gasteiger partial charge in [-0.3, -0.25) is 4.79 Å². The maximum absolute atomic E-state index is 12.3. The van der Waals surface area contributed by atoms with Gasteiger partial charge in [0.15, 0.2) is 4.34 Å². The third kappa shape index (κ3) is 8.72. The van der Waals surface area contributed by atoms with Crippen molar-refractivity contribution in [1.29, 1.82) is 0 Å². The van der Waals surface area contributed by atoms with Crippen molar-refractivity contribution in [2.45, 2.75) is 38.2 Å². The highest BCUT2D eigenvalue weighted by Crippen LogP contribution is 2.27. The molecular formula is C14H23F3N4OS2. The van der Waals surface area contributed by atoms with Crippen molar-refractivity contribution in [1.82, 2.24) is 15.1 Å². The maximum atomic E-state index is 12.3. The number of halogens is 3. The predicted octanol–water partition coefficient (Wildman–Crippen LogP) is 3.75. The van der Waals surface area contributed by atoms with Gasteiger partial charge in [-0.15, -0.1) is 10.2 Å². The SMILES string of the molecule is CC(C)CN(CC(C)C)C(=O)CSc1nnc(NCC(F)(F)F)s1. The highest BCUT2D eigenvalue weighted by atomic mass is 32.2. The summed E-state index contributed by atoms with van der Waals surface area (Å²) in [6, 6.07) is 0. The standard InChI is InChI=1S/C14H23F3N4OS2/c1-9(2)5-21(6-10(3)4)11(22)7-23-13-20-19-12(24-13)18-8-14(15,16)17/h9-10H,5-8H2,1-4H3,(H,18,19). The topological polar surface area (TPSA) is 58.1 Å². The fourth-order valence-corrected chi connectivity index (χ4v) is 3.54. The van der Waals surface area contributed by atoms with E-state index in [-0.39, 0.29) is 16.8 Å². The van der Waals surface area contributed by atoms with Crippen LogP contribution in [-0.4, -0.2) is 52.6 Å². The summed E-state index contributed by atoms with van der Waals surface area (Å²) in [6.07, 6.45) is -4.30. The molecular weight excluding hydrogens is 361 g/mol. The highest BCUT2D eigenvalue weighted by Gasteiger charge is 2.27. The van der Waals surface area contributed by atoms with Gasteiger partial charge in [0, 0.05) is 13.1 Å². The number of thioether (sulfide) groups is 1. The summed E-state index contributed by atoms with van der Waals surface area (Å²) >= 11 is 2.21. The zero-order valence-electron chi connectivity index (χ0n) is 14.2. The van der Waals surface area contributed by atoms with Gasteiger partial charge in [-0.05, 0) is 11.8 Å². The molecule has 0 bridgehead atoms. The Hall–Kier alpha value is -1.03. The molecule has 138 valence electrons. The lowest BCUT2D eigenvalue weighted by Gasteiger charge is -2.26. The Morgan fingerprint density at radius 3 is 2.29 bits per heavy atom. The highest BCUT2D eigenvalue weighted by molar-refractivity contribution is 8.01. The number of alkyl halides is 3. The molecule has 1 rings (SSSR count). The molecule has 1 aromatic rings. The minimum atomic E-state index is -4.30. The first kappa shape index (κ1) is 21.0. The van der Waals surface area contributed by atoms with Gasteiger partial charge < -0.3 is 10.2 Å². The Bertz CT molecular complexity index is 510. The molecule has 0 aromatic carbocycles. The summed E-state index contributed by atoms with van der Waals surface area (Å²) < 4.78 is 36.9. The number of hydrogen-bond donors (Lipinski definition) is 1. The summed E-state index contributed by atoms with van der Waals surface area (Å²) in [7, 11) is 0. The second-order valence-corrected chi connectivity index (χ2v) is 8.42. The van der Waals surface area contributed by atoms with Gasteiger partial charge in [0.05, 0.1) is 5.75 Å². The van der Waals surface area contributed by atoms with Gasteiger partial charge in [-0.2, -0.15) is 13.2 Å². The van der Waals surface area contributed by atoms with E-state index in [9.17, 15) is 18.0 Å². The average Bonchev–Trinajstić information content (AvgIpc) is 2.88. The molecule has 1 N–H and O–H groups in total. The largest absolute Gasteiger partial charge is 0.405 e. The maximum Gasteiger partial charge on any atom is 0.405 e. The quantitative estimate of drug-likeness (QED) is 0.657. The lowest BCUT2D eigenvalue weighted by atomic mass is 10.1. The van der Waals surface area contributed by atoms with E-state index in [2.05, 4.69) is 43.2 Å². The van der Waals surface area contributed by atoms with Crippen LogP contribution >= 0.6 is 23.1 Å². The fraction of sp³-hybridized carbons (Fsp3) is 0.786. The van der Waals surface area contributed by atoms with Crippen LogP contribution in [0.5, 0.6) is 0 Å². The van der Waals surface area contributed by atoms with Crippen LogP contribution in [0.25, 0.3) is 0 Å². The average molecular weight is 384 g/mol. The van der Waals surface area contributed by atoms with E-state index in [1.165, 1.54) is 11.8 Å². The molecule has 10 heteroatoms. The fourth-order valence-electron chi connectivity index (χ4n) is 1.89. The number of carbonyl (C=O) groups is 1. The third-order valence-corrected chi connectivity index (χ3v) is 4.69. The molecule has 1 aromatic heterocycles. The van der Waals surface area contributed by atoms with Crippen LogP contribution in [0, 0.1) is 11.8 Å². The van der Waals surface area contributed by atoms with E-state index in [0.29, 0.717) is 29.3 Å². The molecule has 0 saturated carbocycles. The van der Waals surface area contributed by atoms with Crippen LogP contribution in [-0.2, 0) is 4.79 Å². The first-order valence-electron chi connectivity index (χ1n) is 7.61. The minimum Gasteiger partial charge on any atom is -0.351 e.